The lowest BCUT2D eigenvalue weighted by atomic mass is 10.0. The lowest BCUT2D eigenvalue weighted by molar-refractivity contribution is 0.0247. The number of ether oxygens (including phenoxy) is 1. The van der Waals surface area contributed by atoms with E-state index in [4.69, 9.17) is 9.15 Å². The van der Waals surface area contributed by atoms with E-state index in [1.54, 1.807) is 34.8 Å². The van der Waals surface area contributed by atoms with Crippen LogP contribution in [0.4, 0.5) is 5.00 Å². The Labute approximate surface area is 160 Å². The highest BCUT2D eigenvalue weighted by Crippen LogP contribution is 2.40. The van der Waals surface area contributed by atoms with Gasteiger partial charge in [0.05, 0.1) is 25.5 Å². The molecule has 0 bridgehead atoms. The van der Waals surface area contributed by atoms with E-state index in [0.29, 0.717) is 5.76 Å². The number of morpholine rings is 1. The van der Waals surface area contributed by atoms with Gasteiger partial charge in [0, 0.05) is 28.4 Å². The van der Waals surface area contributed by atoms with E-state index in [0.717, 1.165) is 36.9 Å². The number of anilines is 1. The van der Waals surface area contributed by atoms with Gasteiger partial charge in [0.15, 0.2) is 5.76 Å². The van der Waals surface area contributed by atoms with Crippen LogP contribution in [0.15, 0.2) is 46.4 Å². The standard InChI is InChI=1S/C19H20N2O3S2/c1-13-12-14(19(26-13)20-18(22)15-4-2-8-24-15)17(16-5-3-11-25-16)21-6-9-23-10-7-21/h2-5,8,11-12,17H,6-7,9-10H2,1H3,(H,20,22)/t17-/m0/s1. The number of furan rings is 1. The van der Waals surface area contributed by atoms with Crippen LogP contribution in [0.25, 0.3) is 0 Å². The number of carbonyl (C=O) groups excluding carboxylic acids is 1. The number of amides is 1. The zero-order valence-corrected chi connectivity index (χ0v) is 16.1. The average Bonchev–Trinajstić information content (AvgIpc) is 3.39. The molecular formula is C19H20N2O3S2. The molecule has 0 spiro atoms. The van der Waals surface area contributed by atoms with Crippen LogP contribution < -0.4 is 5.32 Å². The minimum Gasteiger partial charge on any atom is -0.459 e. The molecule has 0 saturated carbocycles. The number of carbonyl (C=O) groups is 1. The fourth-order valence-electron chi connectivity index (χ4n) is 3.22. The van der Waals surface area contributed by atoms with E-state index < -0.39 is 0 Å². The predicted molar refractivity (Wildman–Crippen MR) is 104 cm³/mol. The van der Waals surface area contributed by atoms with Crippen molar-refractivity contribution >= 4 is 33.6 Å². The second kappa shape index (κ2) is 7.75. The van der Waals surface area contributed by atoms with Crippen molar-refractivity contribution in [1.29, 1.82) is 0 Å². The van der Waals surface area contributed by atoms with E-state index in [9.17, 15) is 4.79 Å². The second-order valence-electron chi connectivity index (χ2n) is 6.14. The molecule has 0 aliphatic carbocycles. The zero-order chi connectivity index (χ0) is 17.9. The third-order valence-corrected chi connectivity index (χ3v) is 6.28. The van der Waals surface area contributed by atoms with E-state index >= 15 is 0 Å². The number of nitrogens with one attached hydrogen (secondary N) is 1. The van der Waals surface area contributed by atoms with Crippen molar-refractivity contribution in [3.8, 4) is 0 Å². The van der Waals surface area contributed by atoms with Crippen LogP contribution in [-0.2, 0) is 4.74 Å². The van der Waals surface area contributed by atoms with Gasteiger partial charge in [-0.05, 0) is 36.6 Å². The molecule has 1 saturated heterocycles. The quantitative estimate of drug-likeness (QED) is 0.704. The summed E-state index contributed by atoms with van der Waals surface area (Å²) in [5.74, 6) is 0.103. The van der Waals surface area contributed by atoms with Gasteiger partial charge in [-0.15, -0.1) is 22.7 Å². The van der Waals surface area contributed by atoms with Crippen LogP contribution in [0, 0.1) is 6.92 Å². The van der Waals surface area contributed by atoms with Crippen molar-refractivity contribution in [3.63, 3.8) is 0 Å². The predicted octanol–water partition coefficient (Wildman–Crippen LogP) is 4.38. The molecule has 1 aliphatic rings. The normalized spacial score (nSPS) is 16.5. The van der Waals surface area contributed by atoms with Crippen molar-refractivity contribution in [1.82, 2.24) is 4.90 Å². The van der Waals surface area contributed by atoms with Crippen molar-refractivity contribution in [2.75, 3.05) is 31.6 Å². The first kappa shape index (κ1) is 17.5. The van der Waals surface area contributed by atoms with Crippen molar-refractivity contribution in [2.24, 2.45) is 0 Å². The lowest BCUT2D eigenvalue weighted by Gasteiger charge is -2.34. The van der Waals surface area contributed by atoms with Gasteiger partial charge in [-0.25, -0.2) is 0 Å². The topological polar surface area (TPSA) is 54.7 Å². The fraction of sp³-hybridized carbons (Fsp3) is 0.316. The van der Waals surface area contributed by atoms with E-state index in [-0.39, 0.29) is 11.9 Å². The molecule has 1 fully saturated rings. The third-order valence-electron chi connectivity index (χ3n) is 4.37. The van der Waals surface area contributed by atoms with Gasteiger partial charge in [-0.1, -0.05) is 6.07 Å². The lowest BCUT2D eigenvalue weighted by Crippen LogP contribution is -2.39. The van der Waals surface area contributed by atoms with Crippen LogP contribution in [0.5, 0.6) is 0 Å². The Morgan fingerprint density at radius 1 is 1.27 bits per heavy atom. The molecule has 1 amide bonds. The average molecular weight is 389 g/mol. The molecule has 26 heavy (non-hydrogen) atoms. The summed E-state index contributed by atoms with van der Waals surface area (Å²) in [4.78, 5) is 17.4. The highest BCUT2D eigenvalue weighted by atomic mass is 32.1. The maximum atomic E-state index is 12.5. The maximum Gasteiger partial charge on any atom is 0.291 e. The number of aryl methyl sites for hydroxylation is 1. The smallest absolute Gasteiger partial charge is 0.291 e. The Kier molecular flexibility index (Phi) is 5.21. The van der Waals surface area contributed by atoms with Gasteiger partial charge < -0.3 is 14.5 Å². The highest BCUT2D eigenvalue weighted by molar-refractivity contribution is 7.16. The zero-order valence-electron chi connectivity index (χ0n) is 14.4. The molecule has 3 aromatic heterocycles. The summed E-state index contributed by atoms with van der Waals surface area (Å²) in [6.07, 6.45) is 1.51. The Morgan fingerprint density at radius 2 is 2.12 bits per heavy atom. The summed E-state index contributed by atoms with van der Waals surface area (Å²) in [7, 11) is 0. The number of rotatable bonds is 5. The molecule has 0 radical (unpaired) electrons. The fourth-order valence-corrected chi connectivity index (χ4v) is 5.04. The molecule has 3 aromatic rings. The van der Waals surface area contributed by atoms with Crippen LogP contribution in [-0.4, -0.2) is 37.1 Å². The van der Waals surface area contributed by atoms with Gasteiger partial charge in [0.25, 0.3) is 5.91 Å². The Morgan fingerprint density at radius 3 is 2.81 bits per heavy atom. The molecule has 0 aromatic carbocycles. The van der Waals surface area contributed by atoms with Gasteiger partial charge in [0.2, 0.25) is 0 Å². The molecule has 4 rings (SSSR count). The number of nitrogens with zero attached hydrogens (tertiary/aromatic N) is 1. The van der Waals surface area contributed by atoms with Crippen LogP contribution in [0.1, 0.15) is 31.9 Å². The summed E-state index contributed by atoms with van der Waals surface area (Å²) in [6.45, 7) is 5.30. The number of hydrogen-bond donors (Lipinski definition) is 1. The first-order valence-electron chi connectivity index (χ1n) is 8.53. The largest absolute Gasteiger partial charge is 0.459 e. The van der Waals surface area contributed by atoms with E-state index in [2.05, 4.69) is 40.7 Å². The minimum absolute atomic E-state index is 0.121. The van der Waals surface area contributed by atoms with Gasteiger partial charge in [0.1, 0.15) is 5.00 Å². The summed E-state index contributed by atoms with van der Waals surface area (Å²) in [6, 6.07) is 9.94. The maximum absolute atomic E-state index is 12.5. The molecule has 5 nitrogen and oxygen atoms in total. The van der Waals surface area contributed by atoms with Crippen LogP contribution in [0.2, 0.25) is 0 Å². The SMILES string of the molecule is Cc1cc([C@@H](c2cccs2)N2CCOCC2)c(NC(=O)c2ccco2)s1. The molecule has 1 atom stereocenters. The molecule has 1 N–H and O–H groups in total. The first-order valence-corrected chi connectivity index (χ1v) is 10.2. The van der Waals surface area contributed by atoms with Gasteiger partial charge in [-0.3, -0.25) is 9.69 Å². The highest BCUT2D eigenvalue weighted by Gasteiger charge is 2.29. The number of hydrogen-bond acceptors (Lipinski definition) is 6. The Hall–Kier alpha value is -1.93. The summed E-state index contributed by atoms with van der Waals surface area (Å²) < 4.78 is 10.8. The molecule has 136 valence electrons. The molecule has 7 heteroatoms. The molecule has 0 unspecified atom stereocenters. The van der Waals surface area contributed by atoms with Crippen molar-refractivity contribution in [2.45, 2.75) is 13.0 Å². The second-order valence-corrected chi connectivity index (χ2v) is 8.37. The number of thiophene rings is 2. The van der Waals surface area contributed by atoms with Crippen LogP contribution in [0.3, 0.4) is 0 Å². The molecule has 4 heterocycles. The van der Waals surface area contributed by atoms with Crippen molar-refractivity contribution < 1.29 is 13.9 Å². The molecular weight excluding hydrogens is 368 g/mol. The van der Waals surface area contributed by atoms with Gasteiger partial charge >= 0.3 is 0 Å². The Bertz CT molecular complexity index is 850. The summed E-state index contributed by atoms with van der Waals surface area (Å²) >= 11 is 3.35. The van der Waals surface area contributed by atoms with Crippen molar-refractivity contribution in [3.05, 3.63) is 63.1 Å². The summed E-state index contributed by atoms with van der Waals surface area (Å²) in [5.41, 5.74) is 1.14. The molecule has 1 aliphatic heterocycles. The van der Waals surface area contributed by atoms with Gasteiger partial charge in [-0.2, -0.15) is 0 Å². The van der Waals surface area contributed by atoms with E-state index in [1.165, 1.54) is 16.0 Å². The van der Waals surface area contributed by atoms with E-state index in [1.807, 2.05) is 0 Å². The van der Waals surface area contributed by atoms with Crippen LogP contribution >= 0.6 is 22.7 Å². The summed E-state index contributed by atoms with van der Waals surface area (Å²) in [5, 5.41) is 6.03. The minimum atomic E-state index is -0.218. The Balaban J connectivity index is 1.68. The monoisotopic (exact) mass is 388 g/mol. The first-order chi connectivity index (χ1) is 12.7. The third kappa shape index (κ3) is 3.61.